The summed E-state index contributed by atoms with van der Waals surface area (Å²) in [4.78, 5) is 13.8. The molecule has 86 valence electrons. The molecule has 15 heavy (non-hydrogen) atoms. The molecule has 0 atom stereocenters. The fourth-order valence-corrected chi connectivity index (χ4v) is 1.84. The van der Waals surface area contributed by atoms with Crippen LogP contribution in [0.1, 0.15) is 20.3 Å². The van der Waals surface area contributed by atoms with Gasteiger partial charge in [0.15, 0.2) is 0 Å². The molecule has 1 aliphatic heterocycles. The van der Waals surface area contributed by atoms with Crippen LogP contribution in [0.3, 0.4) is 0 Å². The molecule has 0 unspecified atom stereocenters. The fourth-order valence-electron chi connectivity index (χ4n) is 1.59. The highest BCUT2D eigenvalue weighted by atomic mass is 79.9. The van der Waals surface area contributed by atoms with Crippen LogP contribution in [0.2, 0.25) is 0 Å². The molecule has 0 saturated carbocycles. The second kappa shape index (κ2) is 5.12. The number of carbonyl (C=O) groups is 1. The molecule has 1 heterocycles. The molecule has 0 N–H and O–H groups in total. The van der Waals surface area contributed by atoms with Gasteiger partial charge >= 0.3 is 0 Å². The maximum absolute atomic E-state index is 11.9. The van der Waals surface area contributed by atoms with Crippen LogP contribution in [-0.2, 0) is 9.53 Å². The predicted molar refractivity (Wildman–Crippen MR) is 64.2 cm³/mol. The largest absolute Gasteiger partial charge is 0.380 e. The van der Waals surface area contributed by atoms with Gasteiger partial charge in [0.1, 0.15) is 0 Å². The number of ether oxygens (including phenoxy) is 1. The molecule has 0 aromatic rings. The summed E-state index contributed by atoms with van der Waals surface area (Å²) in [5, 5.41) is 0. The number of nitrogens with zero attached hydrogens (tertiary/aromatic N) is 1. The first-order chi connectivity index (χ1) is 6.95. The zero-order valence-electron chi connectivity index (χ0n) is 9.55. The molecule has 1 amide bonds. The van der Waals surface area contributed by atoms with Crippen molar-refractivity contribution in [3.05, 3.63) is 11.6 Å². The van der Waals surface area contributed by atoms with Gasteiger partial charge in [-0.3, -0.25) is 4.79 Å². The molecular formula is C11H18BrNO2. The van der Waals surface area contributed by atoms with E-state index >= 15 is 0 Å². The Morgan fingerprint density at radius 2 is 2.33 bits per heavy atom. The van der Waals surface area contributed by atoms with Crippen molar-refractivity contribution in [3.63, 3.8) is 0 Å². The van der Waals surface area contributed by atoms with E-state index in [-0.39, 0.29) is 5.91 Å². The number of halogens is 1. The summed E-state index contributed by atoms with van der Waals surface area (Å²) in [7, 11) is 1.69. The summed E-state index contributed by atoms with van der Waals surface area (Å²) in [6.45, 7) is 5.93. The molecule has 1 aliphatic rings. The molecular weight excluding hydrogens is 258 g/mol. The van der Waals surface area contributed by atoms with E-state index in [0.717, 1.165) is 13.0 Å². The molecule has 0 aromatic heterocycles. The minimum absolute atomic E-state index is 0.148. The van der Waals surface area contributed by atoms with Crippen LogP contribution >= 0.6 is 15.9 Å². The fraction of sp³-hybridized carbons (Fsp3) is 0.727. The maximum atomic E-state index is 11.9. The molecule has 0 spiro atoms. The third-order valence-electron chi connectivity index (χ3n) is 2.43. The third-order valence-corrected chi connectivity index (χ3v) is 2.77. The van der Waals surface area contributed by atoms with Gasteiger partial charge in [0.2, 0.25) is 5.91 Å². The van der Waals surface area contributed by atoms with Crippen LogP contribution < -0.4 is 0 Å². The van der Waals surface area contributed by atoms with Gasteiger partial charge in [-0.05, 0) is 25.8 Å². The van der Waals surface area contributed by atoms with Crippen LogP contribution in [0.25, 0.3) is 0 Å². The molecule has 1 rings (SSSR count). The molecule has 0 aromatic carbocycles. The van der Waals surface area contributed by atoms with E-state index in [1.165, 1.54) is 5.57 Å². The monoisotopic (exact) mass is 275 g/mol. The van der Waals surface area contributed by atoms with Crippen LogP contribution in [0.15, 0.2) is 11.6 Å². The van der Waals surface area contributed by atoms with Crippen LogP contribution in [0.4, 0.5) is 0 Å². The van der Waals surface area contributed by atoms with Crippen molar-refractivity contribution in [3.8, 4) is 0 Å². The summed E-state index contributed by atoms with van der Waals surface area (Å²) in [6.07, 6.45) is 3.01. The Morgan fingerprint density at radius 1 is 1.67 bits per heavy atom. The van der Waals surface area contributed by atoms with Gasteiger partial charge in [0, 0.05) is 20.2 Å². The molecule has 0 fully saturated rings. The maximum Gasteiger partial charge on any atom is 0.239 e. The molecule has 0 saturated heterocycles. The van der Waals surface area contributed by atoms with Crippen LogP contribution in [0, 0.1) is 0 Å². The number of methoxy groups -OCH3 is 1. The number of rotatable bonds is 3. The number of hydrogen-bond acceptors (Lipinski definition) is 2. The second-order valence-corrected chi connectivity index (χ2v) is 6.25. The quantitative estimate of drug-likeness (QED) is 0.582. The minimum Gasteiger partial charge on any atom is -0.380 e. The summed E-state index contributed by atoms with van der Waals surface area (Å²) >= 11 is 3.39. The van der Waals surface area contributed by atoms with Gasteiger partial charge in [-0.2, -0.15) is 0 Å². The van der Waals surface area contributed by atoms with E-state index in [1.54, 1.807) is 7.11 Å². The van der Waals surface area contributed by atoms with Crippen molar-refractivity contribution in [2.24, 2.45) is 0 Å². The van der Waals surface area contributed by atoms with Gasteiger partial charge in [0.25, 0.3) is 0 Å². The second-order valence-electron chi connectivity index (χ2n) is 4.27. The van der Waals surface area contributed by atoms with Crippen molar-refractivity contribution < 1.29 is 9.53 Å². The van der Waals surface area contributed by atoms with E-state index in [2.05, 4.69) is 22.0 Å². The van der Waals surface area contributed by atoms with Gasteiger partial charge in [-0.15, -0.1) is 0 Å². The number of amides is 1. The number of alkyl halides is 1. The average Bonchev–Trinajstić information content (AvgIpc) is 2.17. The smallest absolute Gasteiger partial charge is 0.239 e. The first-order valence-electron chi connectivity index (χ1n) is 5.10. The van der Waals surface area contributed by atoms with Gasteiger partial charge in [-0.1, -0.05) is 22.0 Å². The Labute approximate surface area is 99.6 Å². The topological polar surface area (TPSA) is 29.5 Å². The van der Waals surface area contributed by atoms with E-state index in [4.69, 9.17) is 4.74 Å². The lowest BCUT2D eigenvalue weighted by atomic mass is 10.1. The zero-order chi connectivity index (χ0) is 11.5. The molecule has 0 radical (unpaired) electrons. The number of hydrogen-bond donors (Lipinski definition) is 0. The Morgan fingerprint density at radius 3 is 2.73 bits per heavy atom. The first-order valence-corrected chi connectivity index (χ1v) is 5.89. The lowest BCUT2D eigenvalue weighted by Crippen LogP contribution is -2.43. The van der Waals surface area contributed by atoms with Crippen molar-refractivity contribution in [1.82, 2.24) is 4.90 Å². The van der Waals surface area contributed by atoms with E-state index < -0.39 is 4.32 Å². The van der Waals surface area contributed by atoms with E-state index in [9.17, 15) is 4.79 Å². The Balaban J connectivity index is 2.54. The summed E-state index contributed by atoms with van der Waals surface area (Å²) in [5.41, 5.74) is 1.29. The highest BCUT2D eigenvalue weighted by molar-refractivity contribution is 9.10. The highest BCUT2D eigenvalue weighted by Crippen LogP contribution is 2.21. The van der Waals surface area contributed by atoms with Crippen LogP contribution in [-0.4, -0.2) is 41.9 Å². The zero-order valence-corrected chi connectivity index (χ0v) is 11.1. The highest BCUT2D eigenvalue weighted by Gasteiger charge is 2.29. The molecule has 4 heteroatoms. The lowest BCUT2D eigenvalue weighted by Gasteiger charge is -2.30. The predicted octanol–water partition coefficient (Wildman–Crippen LogP) is 1.96. The molecule has 3 nitrogen and oxygen atoms in total. The summed E-state index contributed by atoms with van der Waals surface area (Å²) in [5.74, 6) is 0.148. The standard InChI is InChI=1S/C11H18BrNO2/c1-11(2,12)10(14)13-6-4-9(5-7-13)8-15-3/h4H,5-8H2,1-3H3. The van der Waals surface area contributed by atoms with Crippen molar-refractivity contribution in [1.29, 1.82) is 0 Å². The third kappa shape index (κ3) is 3.61. The van der Waals surface area contributed by atoms with Gasteiger partial charge < -0.3 is 9.64 Å². The van der Waals surface area contributed by atoms with Gasteiger partial charge in [-0.25, -0.2) is 0 Å². The van der Waals surface area contributed by atoms with E-state index in [0.29, 0.717) is 13.2 Å². The van der Waals surface area contributed by atoms with Crippen molar-refractivity contribution in [2.75, 3.05) is 26.8 Å². The molecule has 0 aliphatic carbocycles. The Hall–Kier alpha value is -0.350. The average molecular weight is 276 g/mol. The number of carbonyl (C=O) groups excluding carboxylic acids is 1. The summed E-state index contributed by atoms with van der Waals surface area (Å²) < 4.78 is 4.60. The lowest BCUT2D eigenvalue weighted by molar-refractivity contribution is -0.132. The SMILES string of the molecule is COCC1=CCN(C(=O)C(C)(C)Br)CC1. The van der Waals surface area contributed by atoms with Crippen molar-refractivity contribution >= 4 is 21.8 Å². The Bertz CT molecular complexity index is 268. The normalized spacial score (nSPS) is 17.6. The minimum atomic E-state index is -0.459. The molecule has 0 bridgehead atoms. The van der Waals surface area contributed by atoms with Crippen molar-refractivity contribution in [2.45, 2.75) is 24.6 Å². The van der Waals surface area contributed by atoms with Crippen LogP contribution in [0.5, 0.6) is 0 Å². The van der Waals surface area contributed by atoms with Gasteiger partial charge in [0.05, 0.1) is 10.9 Å². The Kier molecular flexibility index (Phi) is 4.34. The first kappa shape index (κ1) is 12.7. The van der Waals surface area contributed by atoms with E-state index in [1.807, 2.05) is 18.7 Å². The summed E-state index contributed by atoms with van der Waals surface area (Å²) in [6, 6.07) is 0.